The van der Waals surface area contributed by atoms with Gasteiger partial charge >= 0.3 is 5.69 Å². The Bertz CT molecular complexity index is 1220. The molecule has 0 bridgehead atoms. The van der Waals surface area contributed by atoms with E-state index in [9.17, 15) is 25.0 Å². The molecule has 0 saturated carbocycles. The van der Waals surface area contributed by atoms with Crippen molar-refractivity contribution in [3.63, 3.8) is 0 Å². The quantitative estimate of drug-likeness (QED) is 0.301. The molecule has 0 unspecified atom stereocenters. The van der Waals surface area contributed by atoms with Crippen molar-refractivity contribution in [3.8, 4) is 17.1 Å². The van der Waals surface area contributed by atoms with Crippen LogP contribution >= 0.6 is 11.6 Å². The van der Waals surface area contributed by atoms with E-state index in [-0.39, 0.29) is 33.7 Å². The molecule has 0 spiro atoms. The number of hydrogen-bond donors (Lipinski definition) is 1. The molecule has 1 amide bonds. The fourth-order valence-electron chi connectivity index (χ4n) is 2.62. The van der Waals surface area contributed by atoms with Gasteiger partial charge in [0.2, 0.25) is 0 Å². The third-order valence-electron chi connectivity index (χ3n) is 4.10. The molecule has 3 aromatic rings. The average molecular weight is 459 g/mol. The largest absolute Gasteiger partial charge is 0.477 e. The van der Waals surface area contributed by atoms with E-state index in [2.05, 4.69) is 10.5 Å². The maximum Gasteiger partial charge on any atom is 0.311 e. The monoisotopic (exact) mass is 458 g/mol. The van der Waals surface area contributed by atoms with Gasteiger partial charge in [0.15, 0.2) is 12.4 Å². The maximum absolute atomic E-state index is 11.9. The first-order chi connectivity index (χ1) is 15.2. The molecule has 0 aliphatic carbocycles. The molecular formula is C20H15ClN4O7. The first-order valence-corrected chi connectivity index (χ1v) is 9.36. The number of benzene rings is 2. The number of aryl methyl sites for hydroxylation is 1. The molecule has 0 aliphatic rings. The third-order valence-corrected chi connectivity index (χ3v) is 4.43. The first-order valence-electron chi connectivity index (χ1n) is 8.98. The normalized spacial score (nSPS) is 10.8. The molecule has 2 aromatic carbocycles. The predicted octanol–water partition coefficient (Wildman–Crippen LogP) is 4.25. The van der Waals surface area contributed by atoms with Gasteiger partial charge in [-0.2, -0.15) is 5.10 Å². The van der Waals surface area contributed by atoms with Crippen molar-refractivity contribution in [2.75, 3.05) is 6.61 Å². The van der Waals surface area contributed by atoms with E-state index in [0.717, 1.165) is 0 Å². The summed E-state index contributed by atoms with van der Waals surface area (Å²) in [5.74, 6) is -0.159. The number of nitro benzene ring substituents is 2. The number of carbonyl (C=O) groups is 1. The second-order valence-corrected chi connectivity index (χ2v) is 6.84. The number of nitro groups is 2. The molecule has 164 valence electrons. The number of hydrazone groups is 1. The van der Waals surface area contributed by atoms with Gasteiger partial charge in [0.05, 0.1) is 21.1 Å². The second-order valence-electron chi connectivity index (χ2n) is 6.43. The number of hydrogen-bond acceptors (Lipinski definition) is 8. The lowest BCUT2D eigenvalue weighted by Crippen LogP contribution is -2.24. The van der Waals surface area contributed by atoms with E-state index in [1.165, 1.54) is 42.6 Å². The molecule has 0 radical (unpaired) electrons. The standard InChI is InChI=1S/C20H15ClN4O7/c1-12-2-6-19(17(8-12)25(29)30)31-11-20(26)23-22-10-14-4-7-18(32-14)15-9-13(24(27)28)3-5-16(15)21/h2-10H,11H2,1H3,(H,23,26). The molecule has 1 aromatic heterocycles. The van der Waals surface area contributed by atoms with Crippen molar-refractivity contribution in [1.29, 1.82) is 0 Å². The summed E-state index contributed by atoms with van der Waals surface area (Å²) in [6.07, 6.45) is 1.21. The summed E-state index contributed by atoms with van der Waals surface area (Å²) in [6, 6.07) is 11.4. The Morgan fingerprint density at radius 3 is 2.66 bits per heavy atom. The van der Waals surface area contributed by atoms with Crippen LogP contribution in [0.1, 0.15) is 11.3 Å². The number of amides is 1. The van der Waals surface area contributed by atoms with Gasteiger partial charge in [-0.15, -0.1) is 0 Å². The third kappa shape index (κ3) is 5.46. The van der Waals surface area contributed by atoms with E-state index >= 15 is 0 Å². The summed E-state index contributed by atoms with van der Waals surface area (Å²) in [7, 11) is 0. The van der Waals surface area contributed by atoms with Crippen LogP contribution in [0.4, 0.5) is 11.4 Å². The summed E-state index contributed by atoms with van der Waals surface area (Å²) >= 11 is 6.09. The van der Waals surface area contributed by atoms with Crippen LogP contribution in [-0.2, 0) is 4.79 Å². The van der Waals surface area contributed by atoms with Gasteiger partial charge in [0.1, 0.15) is 11.5 Å². The van der Waals surface area contributed by atoms with Crippen molar-refractivity contribution >= 4 is 35.1 Å². The number of halogens is 1. The Kier molecular flexibility index (Phi) is 6.80. The molecule has 1 heterocycles. The van der Waals surface area contributed by atoms with Crippen LogP contribution in [0.2, 0.25) is 5.02 Å². The van der Waals surface area contributed by atoms with Crippen LogP contribution < -0.4 is 10.2 Å². The highest BCUT2D eigenvalue weighted by molar-refractivity contribution is 6.33. The van der Waals surface area contributed by atoms with Crippen molar-refractivity contribution in [3.05, 3.63) is 85.1 Å². The first kappa shape index (κ1) is 22.4. The van der Waals surface area contributed by atoms with Gasteiger partial charge < -0.3 is 9.15 Å². The van der Waals surface area contributed by atoms with Crippen LogP contribution in [0.25, 0.3) is 11.3 Å². The van der Waals surface area contributed by atoms with E-state index in [0.29, 0.717) is 11.1 Å². The van der Waals surface area contributed by atoms with Crippen LogP contribution in [0.3, 0.4) is 0 Å². The maximum atomic E-state index is 11.9. The molecule has 0 saturated heterocycles. The molecule has 3 rings (SSSR count). The highest BCUT2D eigenvalue weighted by Crippen LogP contribution is 2.32. The molecule has 1 N–H and O–H groups in total. The molecule has 11 nitrogen and oxygen atoms in total. The number of rotatable bonds is 8. The molecule has 0 aliphatic heterocycles. The Balaban J connectivity index is 1.60. The van der Waals surface area contributed by atoms with Crippen molar-refractivity contribution < 1.29 is 23.8 Å². The minimum Gasteiger partial charge on any atom is -0.477 e. The number of ether oxygens (including phenoxy) is 1. The van der Waals surface area contributed by atoms with Gasteiger partial charge in [-0.25, -0.2) is 5.43 Å². The lowest BCUT2D eigenvalue weighted by atomic mass is 10.1. The van der Waals surface area contributed by atoms with E-state index < -0.39 is 22.4 Å². The van der Waals surface area contributed by atoms with Gasteiger partial charge in [-0.1, -0.05) is 17.7 Å². The fourth-order valence-corrected chi connectivity index (χ4v) is 2.83. The van der Waals surface area contributed by atoms with Crippen LogP contribution in [-0.4, -0.2) is 28.6 Å². The number of non-ortho nitro benzene ring substituents is 1. The minimum absolute atomic E-state index is 0.0377. The fraction of sp³-hybridized carbons (Fsp3) is 0.100. The van der Waals surface area contributed by atoms with Crippen molar-refractivity contribution in [2.45, 2.75) is 6.92 Å². The van der Waals surface area contributed by atoms with Crippen LogP contribution in [0, 0.1) is 27.2 Å². The van der Waals surface area contributed by atoms with Crippen molar-refractivity contribution in [2.24, 2.45) is 5.10 Å². The number of nitrogens with one attached hydrogen (secondary N) is 1. The van der Waals surface area contributed by atoms with Gasteiger partial charge in [-0.05, 0) is 36.8 Å². The van der Waals surface area contributed by atoms with E-state index in [1.807, 2.05) is 0 Å². The van der Waals surface area contributed by atoms with Crippen LogP contribution in [0.15, 0.2) is 58.0 Å². The SMILES string of the molecule is Cc1ccc(OCC(=O)NN=Cc2ccc(-c3cc([N+](=O)[O-])ccc3Cl)o2)c([N+](=O)[O-])c1. The van der Waals surface area contributed by atoms with Crippen LogP contribution in [0.5, 0.6) is 5.75 Å². The second kappa shape index (κ2) is 9.71. The molecule has 32 heavy (non-hydrogen) atoms. The zero-order valence-electron chi connectivity index (χ0n) is 16.5. The van der Waals surface area contributed by atoms with Gasteiger partial charge in [-0.3, -0.25) is 25.0 Å². The van der Waals surface area contributed by atoms with E-state index in [4.69, 9.17) is 20.8 Å². The summed E-state index contributed by atoms with van der Waals surface area (Å²) in [4.78, 5) is 32.8. The number of carbonyl (C=O) groups excluding carboxylic acids is 1. The average Bonchev–Trinajstić information content (AvgIpc) is 3.21. The zero-order chi connectivity index (χ0) is 23.3. The van der Waals surface area contributed by atoms with Gasteiger partial charge in [0.25, 0.3) is 11.6 Å². The summed E-state index contributed by atoms with van der Waals surface area (Å²) < 4.78 is 10.7. The topological polar surface area (TPSA) is 150 Å². The van der Waals surface area contributed by atoms with Crippen molar-refractivity contribution in [1.82, 2.24) is 5.43 Å². The summed E-state index contributed by atoms with van der Waals surface area (Å²) in [5.41, 5.74) is 2.83. The highest BCUT2D eigenvalue weighted by Gasteiger charge is 2.16. The van der Waals surface area contributed by atoms with Gasteiger partial charge in [0, 0.05) is 23.8 Å². The predicted molar refractivity (Wildman–Crippen MR) is 115 cm³/mol. The Hall–Kier alpha value is -4.25. The highest BCUT2D eigenvalue weighted by atomic mass is 35.5. The number of nitrogens with zero attached hydrogens (tertiary/aromatic N) is 3. The molecule has 12 heteroatoms. The Labute approximate surface area is 185 Å². The summed E-state index contributed by atoms with van der Waals surface area (Å²) in [6.45, 7) is 1.21. The molecule has 0 fully saturated rings. The Morgan fingerprint density at radius 2 is 1.94 bits per heavy atom. The van der Waals surface area contributed by atoms with E-state index in [1.54, 1.807) is 19.1 Å². The number of furan rings is 1. The Morgan fingerprint density at radius 1 is 1.16 bits per heavy atom. The molecule has 0 atom stereocenters. The molecular weight excluding hydrogens is 444 g/mol. The zero-order valence-corrected chi connectivity index (χ0v) is 17.2. The minimum atomic E-state index is -0.648. The smallest absolute Gasteiger partial charge is 0.311 e. The summed E-state index contributed by atoms with van der Waals surface area (Å²) in [5, 5.41) is 26.0. The lowest BCUT2D eigenvalue weighted by Gasteiger charge is -2.06. The lowest BCUT2D eigenvalue weighted by molar-refractivity contribution is -0.385.